The summed E-state index contributed by atoms with van der Waals surface area (Å²) < 4.78 is 1.93. The molecule has 0 fully saturated rings. The molecule has 122 valence electrons. The molecule has 6 nitrogen and oxygen atoms in total. The van der Waals surface area contributed by atoms with Crippen LogP contribution in [0.2, 0.25) is 0 Å². The molecule has 3 N–H and O–H groups in total. The zero-order chi connectivity index (χ0) is 15.9. The Balaban J connectivity index is 2.02. The van der Waals surface area contributed by atoms with Crippen LogP contribution in [0.4, 0.5) is 5.82 Å². The minimum absolute atomic E-state index is 0.0227. The molecule has 0 aliphatic rings. The normalized spacial score (nSPS) is 14.3. The van der Waals surface area contributed by atoms with E-state index >= 15 is 0 Å². The summed E-state index contributed by atoms with van der Waals surface area (Å²) in [6.07, 6.45) is 11.0. The van der Waals surface area contributed by atoms with E-state index in [1.165, 1.54) is 38.4 Å². The molecule has 0 aliphatic carbocycles. The number of aliphatic hydroxyl groups excluding tert-OH is 1. The van der Waals surface area contributed by atoms with E-state index in [-0.39, 0.29) is 6.04 Å². The Morgan fingerprint density at radius 1 is 1.14 bits per heavy atom. The highest BCUT2D eigenvalue weighted by Crippen LogP contribution is 2.25. The second kappa shape index (κ2) is 8.08. The molecule has 0 unspecified atom stereocenters. The maximum absolute atomic E-state index is 10.1. The fraction of sp³-hybridized carbons (Fsp3) is 0.688. The SMILES string of the molecule is CCCCCCCC[C@H]([C@@H](C)O)n1cnc2c(N)ncnc21. The number of rotatable bonds is 9. The van der Waals surface area contributed by atoms with Crippen molar-refractivity contribution in [3.8, 4) is 0 Å². The number of imidazole rings is 1. The zero-order valence-electron chi connectivity index (χ0n) is 13.6. The van der Waals surface area contributed by atoms with Gasteiger partial charge in [0.05, 0.1) is 18.5 Å². The number of fused-ring (bicyclic) bond motifs is 1. The van der Waals surface area contributed by atoms with Crippen molar-refractivity contribution in [3.63, 3.8) is 0 Å². The molecule has 0 radical (unpaired) electrons. The van der Waals surface area contributed by atoms with Crippen LogP contribution in [-0.2, 0) is 0 Å². The van der Waals surface area contributed by atoms with Gasteiger partial charge in [-0.2, -0.15) is 0 Å². The van der Waals surface area contributed by atoms with Crippen LogP contribution in [0.3, 0.4) is 0 Å². The summed E-state index contributed by atoms with van der Waals surface area (Å²) in [4.78, 5) is 12.5. The third kappa shape index (κ3) is 3.94. The maximum atomic E-state index is 10.1. The predicted octanol–water partition coefficient (Wildman–Crippen LogP) is 3.08. The van der Waals surface area contributed by atoms with E-state index in [0.29, 0.717) is 17.0 Å². The van der Waals surface area contributed by atoms with E-state index in [1.54, 1.807) is 6.33 Å². The molecule has 0 saturated heterocycles. The summed E-state index contributed by atoms with van der Waals surface area (Å²) in [7, 11) is 0. The van der Waals surface area contributed by atoms with Gasteiger partial charge in [-0.1, -0.05) is 45.4 Å². The van der Waals surface area contributed by atoms with Gasteiger partial charge in [0.25, 0.3) is 0 Å². The highest BCUT2D eigenvalue weighted by molar-refractivity contribution is 5.81. The Kier molecular flexibility index (Phi) is 6.12. The minimum atomic E-state index is -0.454. The van der Waals surface area contributed by atoms with Crippen LogP contribution >= 0.6 is 0 Å². The number of unbranched alkanes of at least 4 members (excludes halogenated alkanes) is 5. The van der Waals surface area contributed by atoms with Gasteiger partial charge in [-0.3, -0.25) is 0 Å². The second-order valence-electron chi connectivity index (χ2n) is 5.95. The Morgan fingerprint density at radius 3 is 2.59 bits per heavy atom. The second-order valence-corrected chi connectivity index (χ2v) is 5.95. The molecule has 0 spiro atoms. The van der Waals surface area contributed by atoms with Gasteiger partial charge in [-0.25, -0.2) is 15.0 Å². The summed E-state index contributed by atoms with van der Waals surface area (Å²) in [6.45, 7) is 4.04. The number of hydrogen-bond donors (Lipinski definition) is 2. The largest absolute Gasteiger partial charge is 0.391 e. The lowest BCUT2D eigenvalue weighted by Crippen LogP contribution is -2.21. The van der Waals surface area contributed by atoms with E-state index in [1.807, 2.05) is 11.5 Å². The summed E-state index contributed by atoms with van der Waals surface area (Å²) in [5.41, 5.74) is 7.13. The van der Waals surface area contributed by atoms with Crippen LogP contribution < -0.4 is 5.73 Å². The van der Waals surface area contributed by atoms with E-state index < -0.39 is 6.10 Å². The average Bonchev–Trinajstić information content (AvgIpc) is 2.91. The Bertz CT molecular complexity index is 581. The quantitative estimate of drug-likeness (QED) is 0.695. The highest BCUT2D eigenvalue weighted by atomic mass is 16.3. The topological polar surface area (TPSA) is 89.8 Å². The summed E-state index contributed by atoms with van der Waals surface area (Å²) in [5, 5.41) is 10.1. The van der Waals surface area contributed by atoms with Gasteiger partial charge >= 0.3 is 0 Å². The van der Waals surface area contributed by atoms with Crippen molar-refractivity contribution >= 4 is 17.0 Å². The summed E-state index contributed by atoms with van der Waals surface area (Å²) in [6, 6.07) is -0.0227. The van der Waals surface area contributed by atoms with Gasteiger partial charge < -0.3 is 15.4 Å². The van der Waals surface area contributed by atoms with Crippen molar-refractivity contribution in [1.82, 2.24) is 19.5 Å². The van der Waals surface area contributed by atoms with Gasteiger partial charge in [0.1, 0.15) is 11.8 Å². The molecule has 2 aromatic rings. The molecule has 0 bridgehead atoms. The van der Waals surface area contributed by atoms with Crippen LogP contribution in [0.5, 0.6) is 0 Å². The van der Waals surface area contributed by atoms with Crippen molar-refractivity contribution in [2.45, 2.75) is 70.9 Å². The zero-order valence-corrected chi connectivity index (χ0v) is 13.6. The molecule has 0 aliphatic heterocycles. The third-order valence-corrected chi connectivity index (χ3v) is 4.15. The number of nitrogens with zero attached hydrogens (tertiary/aromatic N) is 4. The summed E-state index contributed by atoms with van der Waals surface area (Å²) in [5.74, 6) is 0.382. The van der Waals surface area contributed by atoms with Gasteiger partial charge in [0.2, 0.25) is 0 Å². The lowest BCUT2D eigenvalue weighted by molar-refractivity contribution is 0.124. The van der Waals surface area contributed by atoms with Gasteiger partial charge in [-0.05, 0) is 13.3 Å². The van der Waals surface area contributed by atoms with Crippen molar-refractivity contribution in [2.24, 2.45) is 0 Å². The van der Waals surface area contributed by atoms with Crippen molar-refractivity contribution < 1.29 is 5.11 Å². The van der Waals surface area contributed by atoms with Crippen LogP contribution in [0.1, 0.15) is 64.8 Å². The molecule has 2 atom stereocenters. The minimum Gasteiger partial charge on any atom is -0.391 e. The Morgan fingerprint density at radius 2 is 1.86 bits per heavy atom. The average molecular weight is 305 g/mol. The lowest BCUT2D eigenvalue weighted by Gasteiger charge is -2.21. The molecule has 0 aromatic carbocycles. The summed E-state index contributed by atoms with van der Waals surface area (Å²) >= 11 is 0. The first-order chi connectivity index (χ1) is 10.6. The van der Waals surface area contributed by atoms with Crippen LogP contribution in [0.25, 0.3) is 11.2 Å². The molecular weight excluding hydrogens is 278 g/mol. The number of nitrogen functional groups attached to an aromatic ring is 1. The van der Waals surface area contributed by atoms with Gasteiger partial charge in [-0.15, -0.1) is 0 Å². The number of anilines is 1. The first-order valence-corrected chi connectivity index (χ1v) is 8.26. The highest BCUT2D eigenvalue weighted by Gasteiger charge is 2.20. The molecular formula is C16H27N5O. The molecule has 6 heteroatoms. The Hall–Kier alpha value is -1.69. The fourth-order valence-electron chi connectivity index (χ4n) is 2.86. The predicted molar refractivity (Wildman–Crippen MR) is 88.4 cm³/mol. The van der Waals surface area contributed by atoms with Gasteiger partial charge in [0, 0.05) is 0 Å². The van der Waals surface area contributed by atoms with E-state index in [0.717, 1.165) is 12.8 Å². The first kappa shape index (κ1) is 16.7. The smallest absolute Gasteiger partial charge is 0.165 e. The molecule has 2 heterocycles. The van der Waals surface area contributed by atoms with Crippen LogP contribution in [-0.4, -0.2) is 30.7 Å². The van der Waals surface area contributed by atoms with E-state index in [4.69, 9.17) is 5.73 Å². The molecule has 2 aromatic heterocycles. The number of hydrogen-bond acceptors (Lipinski definition) is 5. The number of aromatic nitrogens is 4. The standard InChI is InChI=1S/C16H27N5O/c1-3-4-5-6-7-8-9-13(12(2)22)21-11-20-14-15(17)18-10-19-16(14)21/h10-13,22H,3-9H2,1-2H3,(H2,17,18,19)/t12-,13-/m1/s1. The maximum Gasteiger partial charge on any atom is 0.165 e. The lowest BCUT2D eigenvalue weighted by atomic mass is 10.0. The monoisotopic (exact) mass is 305 g/mol. The van der Waals surface area contributed by atoms with Crippen LogP contribution in [0.15, 0.2) is 12.7 Å². The van der Waals surface area contributed by atoms with Crippen molar-refractivity contribution in [2.75, 3.05) is 5.73 Å². The molecule has 0 amide bonds. The Labute approximate surface area is 131 Å². The van der Waals surface area contributed by atoms with E-state index in [2.05, 4.69) is 21.9 Å². The molecule has 22 heavy (non-hydrogen) atoms. The third-order valence-electron chi connectivity index (χ3n) is 4.15. The van der Waals surface area contributed by atoms with Crippen molar-refractivity contribution in [1.29, 1.82) is 0 Å². The van der Waals surface area contributed by atoms with Crippen LogP contribution in [0, 0.1) is 0 Å². The van der Waals surface area contributed by atoms with E-state index in [9.17, 15) is 5.11 Å². The van der Waals surface area contributed by atoms with Gasteiger partial charge in [0.15, 0.2) is 11.5 Å². The molecule has 2 rings (SSSR count). The fourth-order valence-corrected chi connectivity index (χ4v) is 2.86. The number of aliphatic hydroxyl groups is 1. The number of nitrogens with two attached hydrogens (primary N) is 1. The first-order valence-electron chi connectivity index (χ1n) is 8.26. The van der Waals surface area contributed by atoms with Crippen molar-refractivity contribution in [3.05, 3.63) is 12.7 Å². The molecule has 0 saturated carbocycles.